The molecule has 0 saturated heterocycles. The van der Waals surface area contributed by atoms with Crippen LogP contribution in [0.2, 0.25) is 0 Å². The molecule has 0 heterocycles. The number of aromatic hydroxyl groups is 1. The summed E-state index contributed by atoms with van der Waals surface area (Å²) >= 11 is 0. The van der Waals surface area contributed by atoms with Gasteiger partial charge in [0.1, 0.15) is 5.75 Å². The molecule has 1 rings (SSSR count). The molecule has 0 aliphatic rings. The number of phenolic OH excluding ortho intramolecular Hbond substituents is 1. The van der Waals surface area contributed by atoms with Crippen molar-refractivity contribution in [3.8, 4) is 5.75 Å². The Labute approximate surface area is 95.7 Å². The van der Waals surface area contributed by atoms with Gasteiger partial charge in [0.25, 0.3) is 0 Å². The van der Waals surface area contributed by atoms with Crippen molar-refractivity contribution in [3.63, 3.8) is 0 Å². The molecule has 0 saturated carbocycles. The van der Waals surface area contributed by atoms with Crippen molar-refractivity contribution in [2.24, 2.45) is 0 Å². The largest absolute Gasteiger partial charge is 0.508 e. The van der Waals surface area contributed by atoms with E-state index in [1.165, 1.54) is 0 Å². The molecule has 0 atom stereocenters. The van der Waals surface area contributed by atoms with Gasteiger partial charge in [-0.3, -0.25) is 4.79 Å². The maximum absolute atomic E-state index is 11.3. The van der Waals surface area contributed by atoms with E-state index in [0.717, 1.165) is 18.5 Å². The lowest BCUT2D eigenvalue weighted by Gasteiger charge is -2.06. The number of rotatable bonds is 6. The highest BCUT2D eigenvalue weighted by atomic mass is 16.3. The molecule has 0 bridgehead atoms. The van der Waals surface area contributed by atoms with Crippen molar-refractivity contribution in [3.05, 3.63) is 29.8 Å². The molecule has 3 N–H and O–H groups in total. The average molecular weight is 222 g/mol. The van der Waals surface area contributed by atoms with Gasteiger partial charge in [-0.1, -0.05) is 19.1 Å². The van der Waals surface area contributed by atoms with Gasteiger partial charge >= 0.3 is 0 Å². The summed E-state index contributed by atoms with van der Waals surface area (Å²) in [6.45, 7) is 3.76. The SMILES string of the molecule is CCCNCC(=O)NCc1ccc(O)cc1. The second-order valence-corrected chi connectivity index (χ2v) is 3.62. The Morgan fingerprint density at radius 1 is 1.31 bits per heavy atom. The topological polar surface area (TPSA) is 61.4 Å². The smallest absolute Gasteiger partial charge is 0.234 e. The Hall–Kier alpha value is -1.55. The number of amides is 1. The van der Waals surface area contributed by atoms with E-state index in [-0.39, 0.29) is 11.7 Å². The first-order valence-electron chi connectivity index (χ1n) is 5.47. The zero-order valence-corrected chi connectivity index (χ0v) is 9.49. The first kappa shape index (κ1) is 12.5. The van der Waals surface area contributed by atoms with Gasteiger partial charge in [0, 0.05) is 6.54 Å². The number of phenols is 1. The zero-order chi connectivity index (χ0) is 11.8. The van der Waals surface area contributed by atoms with E-state index in [9.17, 15) is 4.79 Å². The van der Waals surface area contributed by atoms with Gasteiger partial charge in [0.2, 0.25) is 5.91 Å². The molecule has 0 aliphatic carbocycles. The molecule has 0 aliphatic heterocycles. The van der Waals surface area contributed by atoms with Crippen LogP contribution in [0.5, 0.6) is 5.75 Å². The van der Waals surface area contributed by atoms with E-state index in [1.807, 2.05) is 0 Å². The fraction of sp³-hybridized carbons (Fsp3) is 0.417. The molecule has 0 unspecified atom stereocenters. The van der Waals surface area contributed by atoms with Crippen LogP contribution in [0.3, 0.4) is 0 Å². The number of carbonyl (C=O) groups excluding carboxylic acids is 1. The molecule has 88 valence electrons. The van der Waals surface area contributed by atoms with Crippen molar-refractivity contribution >= 4 is 5.91 Å². The van der Waals surface area contributed by atoms with Crippen molar-refractivity contribution < 1.29 is 9.90 Å². The Balaban J connectivity index is 2.23. The van der Waals surface area contributed by atoms with Gasteiger partial charge in [-0.2, -0.15) is 0 Å². The summed E-state index contributed by atoms with van der Waals surface area (Å²) in [7, 11) is 0. The van der Waals surface area contributed by atoms with E-state index >= 15 is 0 Å². The molecular formula is C12H18N2O2. The minimum atomic E-state index is -0.0125. The van der Waals surface area contributed by atoms with Crippen molar-refractivity contribution in [2.75, 3.05) is 13.1 Å². The molecule has 16 heavy (non-hydrogen) atoms. The molecular weight excluding hydrogens is 204 g/mol. The van der Waals surface area contributed by atoms with Crippen LogP contribution in [-0.2, 0) is 11.3 Å². The first-order valence-corrected chi connectivity index (χ1v) is 5.47. The number of benzene rings is 1. The van der Waals surface area contributed by atoms with Gasteiger partial charge in [0.15, 0.2) is 0 Å². The van der Waals surface area contributed by atoms with Crippen LogP contribution in [0.4, 0.5) is 0 Å². The summed E-state index contributed by atoms with van der Waals surface area (Å²) in [6, 6.07) is 6.79. The van der Waals surface area contributed by atoms with Crippen LogP contribution < -0.4 is 10.6 Å². The molecule has 1 aromatic carbocycles. The van der Waals surface area contributed by atoms with Gasteiger partial charge in [-0.25, -0.2) is 0 Å². The molecule has 0 aromatic heterocycles. The van der Waals surface area contributed by atoms with Gasteiger partial charge < -0.3 is 15.7 Å². The molecule has 4 nitrogen and oxygen atoms in total. The quantitative estimate of drug-likeness (QED) is 0.629. The second kappa shape index (κ2) is 6.85. The van der Waals surface area contributed by atoms with E-state index in [4.69, 9.17) is 5.11 Å². The van der Waals surface area contributed by atoms with Gasteiger partial charge in [-0.05, 0) is 30.7 Å². The van der Waals surface area contributed by atoms with E-state index in [1.54, 1.807) is 24.3 Å². The van der Waals surface area contributed by atoms with Crippen LogP contribution in [0.15, 0.2) is 24.3 Å². The minimum absolute atomic E-state index is 0.0125. The summed E-state index contributed by atoms with van der Waals surface area (Å²) in [5.41, 5.74) is 0.974. The molecule has 0 spiro atoms. The van der Waals surface area contributed by atoms with Gasteiger partial charge in [-0.15, -0.1) is 0 Å². The van der Waals surface area contributed by atoms with E-state index in [2.05, 4.69) is 17.6 Å². The number of nitrogens with one attached hydrogen (secondary N) is 2. The lowest BCUT2D eigenvalue weighted by atomic mass is 10.2. The summed E-state index contributed by atoms with van der Waals surface area (Å²) in [4.78, 5) is 11.3. The Morgan fingerprint density at radius 2 is 2.00 bits per heavy atom. The Morgan fingerprint density at radius 3 is 2.62 bits per heavy atom. The zero-order valence-electron chi connectivity index (χ0n) is 9.49. The lowest BCUT2D eigenvalue weighted by Crippen LogP contribution is -2.33. The third-order valence-electron chi connectivity index (χ3n) is 2.14. The molecule has 1 aromatic rings. The van der Waals surface area contributed by atoms with Gasteiger partial charge in [0.05, 0.1) is 6.54 Å². The Bertz CT molecular complexity index is 322. The minimum Gasteiger partial charge on any atom is -0.508 e. The summed E-state index contributed by atoms with van der Waals surface area (Å²) < 4.78 is 0. The molecule has 0 fully saturated rings. The highest BCUT2D eigenvalue weighted by Crippen LogP contribution is 2.08. The fourth-order valence-corrected chi connectivity index (χ4v) is 1.26. The highest BCUT2D eigenvalue weighted by Gasteiger charge is 1.99. The Kier molecular flexibility index (Phi) is 5.36. The molecule has 0 radical (unpaired) electrons. The number of hydrogen-bond acceptors (Lipinski definition) is 3. The predicted molar refractivity (Wildman–Crippen MR) is 63.1 cm³/mol. The third-order valence-corrected chi connectivity index (χ3v) is 2.14. The summed E-state index contributed by atoms with van der Waals surface area (Å²) in [6.07, 6.45) is 1.02. The van der Waals surface area contributed by atoms with Crippen molar-refractivity contribution in [1.82, 2.24) is 10.6 Å². The lowest BCUT2D eigenvalue weighted by molar-refractivity contribution is -0.120. The monoisotopic (exact) mass is 222 g/mol. The number of hydrogen-bond donors (Lipinski definition) is 3. The first-order chi connectivity index (χ1) is 7.72. The maximum atomic E-state index is 11.3. The normalized spacial score (nSPS) is 10.1. The molecule has 4 heteroatoms. The summed E-state index contributed by atoms with van der Waals surface area (Å²) in [5.74, 6) is 0.223. The molecule has 1 amide bonds. The van der Waals surface area contributed by atoms with Crippen LogP contribution in [0.25, 0.3) is 0 Å². The second-order valence-electron chi connectivity index (χ2n) is 3.62. The van der Waals surface area contributed by atoms with Crippen molar-refractivity contribution in [2.45, 2.75) is 19.9 Å². The van der Waals surface area contributed by atoms with Crippen LogP contribution >= 0.6 is 0 Å². The average Bonchev–Trinajstić information content (AvgIpc) is 2.29. The predicted octanol–water partition coefficient (Wildman–Crippen LogP) is 1.01. The maximum Gasteiger partial charge on any atom is 0.234 e. The van der Waals surface area contributed by atoms with Crippen LogP contribution in [0, 0.1) is 0 Å². The highest BCUT2D eigenvalue weighted by molar-refractivity contribution is 5.77. The van der Waals surface area contributed by atoms with Crippen molar-refractivity contribution in [1.29, 1.82) is 0 Å². The van der Waals surface area contributed by atoms with E-state index in [0.29, 0.717) is 13.1 Å². The van der Waals surface area contributed by atoms with Crippen LogP contribution in [0.1, 0.15) is 18.9 Å². The third kappa shape index (κ3) is 4.79. The van der Waals surface area contributed by atoms with E-state index < -0.39 is 0 Å². The number of carbonyl (C=O) groups is 1. The fourth-order valence-electron chi connectivity index (χ4n) is 1.26. The summed E-state index contributed by atoms with van der Waals surface area (Å²) in [5, 5.41) is 14.9. The van der Waals surface area contributed by atoms with Crippen LogP contribution in [-0.4, -0.2) is 24.1 Å². The standard InChI is InChI=1S/C12H18N2O2/c1-2-7-13-9-12(16)14-8-10-3-5-11(15)6-4-10/h3-6,13,15H,2,7-9H2,1H3,(H,14,16).